The van der Waals surface area contributed by atoms with E-state index in [1.165, 1.54) is 0 Å². The van der Waals surface area contributed by atoms with Gasteiger partial charge in [-0.2, -0.15) is 5.10 Å². The first kappa shape index (κ1) is 13.4. The summed E-state index contributed by atoms with van der Waals surface area (Å²) in [6.07, 6.45) is 0.142. The Labute approximate surface area is 122 Å². The van der Waals surface area contributed by atoms with Crippen molar-refractivity contribution in [2.75, 3.05) is 0 Å². The van der Waals surface area contributed by atoms with Crippen LogP contribution in [0.25, 0.3) is 22.0 Å². The van der Waals surface area contributed by atoms with E-state index in [2.05, 4.69) is 10.2 Å². The molecule has 0 saturated carbocycles. The van der Waals surface area contributed by atoms with Crippen LogP contribution in [-0.2, 0) is 0 Å². The van der Waals surface area contributed by atoms with Crippen molar-refractivity contribution in [3.8, 4) is 17.0 Å². The molecule has 0 saturated heterocycles. The quantitative estimate of drug-likeness (QED) is 0.800. The second-order valence-corrected chi connectivity index (χ2v) is 5.14. The maximum atomic E-state index is 11.8. The fraction of sp³-hybridized carbons (Fsp3) is 0.176. The van der Waals surface area contributed by atoms with E-state index in [4.69, 9.17) is 4.74 Å². The third-order valence-electron chi connectivity index (χ3n) is 3.20. The third-order valence-corrected chi connectivity index (χ3v) is 3.20. The van der Waals surface area contributed by atoms with Crippen molar-refractivity contribution in [2.45, 2.75) is 20.0 Å². The SMILES string of the molecule is CC(C)Oc1ccc(-c2n[nH]c(=O)c3ccccc23)cc1. The molecule has 21 heavy (non-hydrogen) atoms. The van der Waals surface area contributed by atoms with Crippen molar-refractivity contribution in [1.82, 2.24) is 10.2 Å². The van der Waals surface area contributed by atoms with Crippen LogP contribution in [0.15, 0.2) is 53.3 Å². The highest BCUT2D eigenvalue weighted by Crippen LogP contribution is 2.26. The predicted octanol–water partition coefficient (Wildman–Crippen LogP) is 3.38. The number of aromatic nitrogens is 2. The van der Waals surface area contributed by atoms with Gasteiger partial charge in [0.15, 0.2) is 0 Å². The molecule has 4 nitrogen and oxygen atoms in total. The maximum absolute atomic E-state index is 11.8. The number of benzene rings is 2. The van der Waals surface area contributed by atoms with Crippen LogP contribution in [0.1, 0.15) is 13.8 Å². The Morgan fingerprint density at radius 3 is 2.33 bits per heavy atom. The Morgan fingerprint density at radius 2 is 1.67 bits per heavy atom. The van der Waals surface area contributed by atoms with Crippen LogP contribution in [0.3, 0.4) is 0 Å². The second kappa shape index (κ2) is 5.40. The Bertz CT molecular complexity index is 820. The zero-order valence-corrected chi connectivity index (χ0v) is 12.0. The number of rotatable bonds is 3. The van der Waals surface area contributed by atoms with Gasteiger partial charge >= 0.3 is 0 Å². The Morgan fingerprint density at radius 1 is 1.00 bits per heavy atom. The summed E-state index contributed by atoms with van der Waals surface area (Å²) < 4.78 is 5.63. The van der Waals surface area contributed by atoms with Gasteiger partial charge in [0, 0.05) is 10.9 Å². The van der Waals surface area contributed by atoms with E-state index >= 15 is 0 Å². The third kappa shape index (κ3) is 2.65. The first-order chi connectivity index (χ1) is 10.1. The minimum absolute atomic E-state index is 0.142. The Kier molecular flexibility index (Phi) is 3.44. The molecule has 3 rings (SSSR count). The van der Waals surface area contributed by atoms with Gasteiger partial charge in [-0.25, -0.2) is 5.10 Å². The molecule has 0 aliphatic rings. The number of hydrogen-bond acceptors (Lipinski definition) is 3. The standard InChI is InChI=1S/C17H16N2O2/c1-11(2)21-13-9-7-12(8-10-13)16-14-5-3-4-6-15(14)17(20)19-18-16/h3-11H,1-2H3,(H,19,20). The molecule has 1 aromatic heterocycles. The number of ether oxygens (including phenoxy) is 1. The zero-order chi connectivity index (χ0) is 14.8. The normalized spacial score (nSPS) is 11.0. The molecule has 0 fully saturated rings. The van der Waals surface area contributed by atoms with Gasteiger partial charge in [0.1, 0.15) is 5.75 Å². The molecule has 0 atom stereocenters. The average molecular weight is 280 g/mol. The van der Waals surface area contributed by atoms with Crippen LogP contribution < -0.4 is 10.3 Å². The first-order valence-electron chi connectivity index (χ1n) is 6.89. The van der Waals surface area contributed by atoms with Gasteiger partial charge in [-0.1, -0.05) is 18.2 Å². The van der Waals surface area contributed by atoms with E-state index in [1.54, 1.807) is 6.07 Å². The van der Waals surface area contributed by atoms with Crippen molar-refractivity contribution in [3.63, 3.8) is 0 Å². The molecule has 1 N–H and O–H groups in total. The second-order valence-electron chi connectivity index (χ2n) is 5.14. The summed E-state index contributed by atoms with van der Waals surface area (Å²) in [5.74, 6) is 0.822. The van der Waals surface area contributed by atoms with Gasteiger partial charge in [-0.05, 0) is 44.2 Å². The summed E-state index contributed by atoms with van der Waals surface area (Å²) in [5, 5.41) is 8.23. The summed E-state index contributed by atoms with van der Waals surface area (Å²) in [7, 11) is 0. The number of fused-ring (bicyclic) bond motifs is 1. The molecule has 0 aliphatic carbocycles. The van der Waals surface area contributed by atoms with Crippen LogP contribution >= 0.6 is 0 Å². The van der Waals surface area contributed by atoms with E-state index in [0.29, 0.717) is 5.39 Å². The lowest BCUT2D eigenvalue weighted by Gasteiger charge is -2.10. The molecule has 0 radical (unpaired) electrons. The molecular formula is C17H16N2O2. The van der Waals surface area contributed by atoms with Gasteiger partial charge in [-0.3, -0.25) is 4.79 Å². The highest BCUT2D eigenvalue weighted by atomic mass is 16.5. The summed E-state index contributed by atoms with van der Waals surface area (Å²) >= 11 is 0. The fourth-order valence-electron chi connectivity index (χ4n) is 2.30. The lowest BCUT2D eigenvalue weighted by atomic mass is 10.1. The maximum Gasteiger partial charge on any atom is 0.272 e. The molecule has 1 heterocycles. The summed E-state index contributed by atoms with van der Waals surface area (Å²) in [4.78, 5) is 11.8. The molecule has 0 aliphatic heterocycles. The predicted molar refractivity (Wildman–Crippen MR) is 83.6 cm³/mol. The number of nitrogens with zero attached hydrogens (tertiary/aromatic N) is 1. The molecule has 0 spiro atoms. The minimum atomic E-state index is -0.172. The summed E-state index contributed by atoms with van der Waals surface area (Å²) in [6.45, 7) is 3.98. The van der Waals surface area contributed by atoms with E-state index in [-0.39, 0.29) is 11.7 Å². The van der Waals surface area contributed by atoms with E-state index in [1.807, 2.05) is 56.3 Å². The van der Waals surface area contributed by atoms with Crippen LogP contribution in [-0.4, -0.2) is 16.3 Å². The molecule has 0 amide bonds. The van der Waals surface area contributed by atoms with Gasteiger partial charge < -0.3 is 4.74 Å². The molecule has 3 aromatic rings. The molecule has 2 aromatic carbocycles. The molecular weight excluding hydrogens is 264 g/mol. The highest BCUT2D eigenvalue weighted by molar-refractivity contribution is 5.93. The number of nitrogens with one attached hydrogen (secondary N) is 1. The largest absolute Gasteiger partial charge is 0.491 e. The van der Waals surface area contributed by atoms with Crippen LogP contribution in [0.4, 0.5) is 0 Å². The van der Waals surface area contributed by atoms with Gasteiger partial charge in [0.2, 0.25) is 0 Å². The topological polar surface area (TPSA) is 55.0 Å². The molecule has 106 valence electrons. The molecule has 0 bridgehead atoms. The lowest BCUT2D eigenvalue weighted by molar-refractivity contribution is 0.242. The van der Waals surface area contributed by atoms with Gasteiger partial charge in [0.05, 0.1) is 17.2 Å². The molecule has 4 heteroatoms. The van der Waals surface area contributed by atoms with Crippen molar-refractivity contribution in [2.24, 2.45) is 0 Å². The lowest BCUT2D eigenvalue weighted by Crippen LogP contribution is -2.09. The van der Waals surface area contributed by atoms with Crippen LogP contribution in [0.2, 0.25) is 0 Å². The van der Waals surface area contributed by atoms with Crippen LogP contribution in [0.5, 0.6) is 5.75 Å². The smallest absolute Gasteiger partial charge is 0.272 e. The number of H-pyrrole nitrogens is 1. The van der Waals surface area contributed by atoms with Crippen molar-refractivity contribution < 1.29 is 4.74 Å². The zero-order valence-electron chi connectivity index (χ0n) is 12.0. The Balaban J connectivity index is 2.08. The van der Waals surface area contributed by atoms with Gasteiger partial charge in [0.25, 0.3) is 5.56 Å². The first-order valence-corrected chi connectivity index (χ1v) is 6.89. The van der Waals surface area contributed by atoms with Crippen molar-refractivity contribution >= 4 is 10.8 Å². The summed E-state index contributed by atoms with van der Waals surface area (Å²) in [5.41, 5.74) is 1.54. The number of hydrogen-bond donors (Lipinski definition) is 1. The molecule has 0 unspecified atom stereocenters. The van der Waals surface area contributed by atoms with E-state index < -0.39 is 0 Å². The van der Waals surface area contributed by atoms with Crippen molar-refractivity contribution in [1.29, 1.82) is 0 Å². The summed E-state index contributed by atoms with van der Waals surface area (Å²) in [6, 6.07) is 15.2. The number of aromatic amines is 1. The monoisotopic (exact) mass is 280 g/mol. The van der Waals surface area contributed by atoms with E-state index in [9.17, 15) is 4.79 Å². The fourth-order valence-corrected chi connectivity index (χ4v) is 2.30. The van der Waals surface area contributed by atoms with E-state index in [0.717, 1.165) is 22.4 Å². The average Bonchev–Trinajstić information content (AvgIpc) is 2.48. The minimum Gasteiger partial charge on any atom is -0.491 e. The van der Waals surface area contributed by atoms with Crippen molar-refractivity contribution in [3.05, 3.63) is 58.9 Å². The van der Waals surface area contributed by atoms with Crippen LogP contribution in [0, 0.1) is 0 Å². The Hall–Kier alpha value is -2.62. The highest BCUT2D eigenvalue weighted by Gasteiger charge is 2.08. The van der Waals surface area contributed by atoms with Gasteiger partial charge in [-0.15, -0.1) is 0 Å².